The summed E-state index contributed by atoms with van der Waals surface area (Å²) in [7, 11) is 1.64. The van der Waals surface area contributed by atoms with Gasteiger partial charge in [-0.05, 0) is 34.6 Å². The minimum Gasteiger partial charge on any atom is -0.478 e. The van der Waals surface area contributed by atoms with E-state index in [9.17, 15) is 19.1 Å². The molecule has 1 aliphatic heterocycles. The van der Waals surface area contributed by atoms with Crippen molar-refractivity contribution < 1.29 is 23.8 Å². The average molecular weight is 405 g/mol. The normalized spacial score (nSPS) is 14.8. The van der Waals surface area contributed by atoms with Crippen LogP contribution in [0.25, 0.3) is 0 Å². The molecule has 2 heterocycles. The Balaban J connectivity index is 1.80. The van der Waals surface area contributed by atoms with Crippen molar-refractivity contribution in [3.63, 3.8) is 0 Å². The molecule has 0 bridgehead atoms. The highest BCUT2D eigenvalue weighted by Gasteiger charge is 2.29. The zero-order chi connectivity index (χ0) is 20.6. The number of thiophene rings is 1. The Morgan fingerprint density at radius 1 is 1.32 bits per heavy atom. The molecule has 7 heteroatoms. The number of ether oxygens (including phenoxy) is 1. The van der Waals surface area contributed by atoms with Gasteiger partial charge < -0.3 is 14.7 Å². The first-order chi connectivity index (χ1) is 13.1. The lowest BCUT2D eigenvalue weighted by atomic mass is 9.85. The fourth-order valence-corrected chi connectivity index (χ4v) is 4.54. The number of anilines is 1. The Labute approximate surface area is 167 Å². The topological polar surface area (TPSA) is 66.8 Å². The number of carboxylic acid groups (broad SMARTS) is 1. The molecule has 2 aromatic rings. The van der Waals surface area contributed by atoms with Gasteiger partial charge in [0, 0.05) is 37.2 Å². The third kappa shape index (κ3) is 3.95. The number of benzene rings is 1. The molecule has 1 fully saturated rings. The van der Waals surface area contributed by atoms with Crippen LogP contribution in [0.15, 0.2) is 23.6 Å². The number of ketones is 1. The lowest BCUT2D eigenvalue weighted by molar-refractivity contribution is 0.0694. The van der Waals surface area contributed by atoms with Crippen LogP contribution in [-0.2, 0) is 16.6 Å². The summed E-state index contributed by atoms with van der Waals surface area (Å²) in [5.41, 5.74) is 1.19. The summed E-state index contributed by atoms with van der Waals surface area (Å²) < 4.78 is 19.8. The molecule has 150 valence electrons. The number of methoxy groups -OCH3 is 1. The van der Waals surface area contributed by atoms with Gasteiger partial charge >= 0.3 is 5.97 Å². The van der Waals surface area contributed by atoms with E-state index in [1.54, 1.807) is 18.6 Å². The molecule has 0 amide bonds. The van der Waals surface area contributed by atoms with Crippen molar-refractivity contribution in [3.8, 4) is 0 Å². The highest BCUT2D eigenvalue weighted by Crippen LogP contribution is 2.34. The molecule has 3 rings (SSSR count). The van der Waals surface area contributed by atoms with Crippen molar-refractivity contribution in [2.75, 3.05) is 25.1 Å². The molecule has 1 aliphatic rings. The maximum Gasteiger partial charge on any atom is 0.337 e. The van der Waals surface area contributed by atoms with Gasteiger partial charge in [0.05, 0.1) is 17.2 Å². The van der Waals surface area contributed by atoms with Crippen LogP contribution in [0.5, 0.6) is 0 Å². The average Bonchev–Trinajstić information content (AvgIpc) is 2.98. The number of carbonyl (C=O) groups is 2. The fraction of sp³-hybridized carbons (Fsp3) is 0.429. The Morgan fingerprint density at radius 2 is 2.00 bits per heavy atom. The summed E-state index contributed by atoms with van der Waals surface area (Å²) in [4.78, 5) is 26.9. The standard InChI is InChI=1S/C21H24FNO4S/c1-21(2,3)15-11-28-18(19(15)20(25)26)8-17(24)14-6-5-12(7-16(14)22)23-9-13(10-23)27-4/h5-7,11,13H,8-10H2,1-4H3,(H,25,26). The van der Waals surface area contributed by atoms with Gasteiger partial charge in [0.1, 0.15) is 5.82 Å². The van der Waals surface area contributed by atoms with Crippen LogP contribution < -0.4 is 4.90 Å². The molecule has 0 saturated carbocycles. The van der Waals surface area contributed by atoms with E-state index in [4.69, 9.17) is 4.74 Å². The summed E-state index contributed by atoms with van der Waals surface area (Å²) in [6.45, 7) is 7.16. The van der Waals surface area contributed by atoms with E-state index in [0.29, 0.717) is 29.2 Å². The molecular formula is C21H24FNO4S. The molecular weight excluding hydrogens is 381 g/mol. The minimum absolute atomic E-state index is 0.0189. The summed E-state index contributed by atoms with van der Waals surface area (Å²) >= 11 is 1.24. The van der Waals surface area contributed by atoms with Crippen molar-refractivity contribution >= 4 is 28.8 Å². The van der Waals surface area contributed by atoms with Crippen molar-refractivity contribution in [3.05, 3.63) is 51.0 Å². The van der Waals surface area contributed by atoms with E-state index >= 15 is 0 Å². The van der Waals surface area contributed by atoms with Gasteiger partial charge in [0.2, 0.25) is 0 Å². The van der Waals surface area contributed by atoms with E-state index in [2.05, 4.69) is 0 Å². The van der Waals surface area contributed by atoms with Crippen LogP contribution in [-0.4, -0.2) is 43.2 Å². The monoisotopic (exact) mass is 405 g/mol. The highest BCUT2D eigenvalue weighted by atomic mass is 32.1. The molecule has 0 atom stereocenters. The second-order valence-electron chi connectivity index (χ2n) is 8.03. The predicted octanol–water partition coefficient (Wildman–Crippen LogP) is 4.14. The van der Waals surface area contributed by atoms with Crippen molar-refractivity contribution in [2.24, 2.45) is 0 Å². The first kappa shape index (κ1) is 20.5. The predicted molar refractivity (Wildman–Crippen MR) is 107 cm³/mol. The minimum atomic E-state index is -1.06. The van der Waals surface area contributed by atoms with Crippen LogP contribution in [0, 0.1) is 5.82 Å². The molecule has 28 heavy (non-hydrogen) atoms. The number of hydrogen-bond acceptors (Lipinski definition) is 5. The summed E-state index contributed by atoms with van der Waals surface area (Å²) in [6.07, 6.45) is 0.0170. The van der Waals surface area contributed by atoms with Gasteiger partial charge in [-0.25, -0.2) is 9.18 Å². The maximum atomic E-state index is 14.6. The van der Waals surface area contributed by atoms with E-state index in [0.717, 1.165) is 0 Å². The largest absolute Gasteiger partial charge is 0.478 e. The Kier molecular flexibility index (Phi) is 5.59. The van der Waals surface area contributed by atoms with Crippen LogP contribution in [0.3, 0.4) is 0 Å². The van der Waals surface area contributed by atoms with Crippen LogP contribution in [0.1, 0.15) is 51.9 Å². The maximum absolute atomic E-state index is 14.6. The summed E-state index contributed by atoms with van der Waals surface area (Å²) in [5.74, 6) is -2.07. The lowest BCUT2D eigenvalue weighted by Crippen LogP contribution is -2.51. The molecule has 1 aromatic carbocycles. The van der Waals surface area contributed by atoms with Gasteiger partial charge in [0.25, 0.3) is 0 Å². The van der Waals surface area contributed by atoms with Crippen LogP contribution in [0.4, 0.5) is 10.1 Å². The molecule has 0 spiro atoms. The SMILES string of the molecule is COC1CN(c2ccc(C(=O)Cc3scc(C(C)(C)C)c3C(=O)O)c(F)c2)C1. The Morgan fingerprint density at radius 3 is 2.54 bits per heavy atom. The number of carboxylic acids is 1. The van der Waals surface area contributed by atoms with Crippen molar-refractivity contribution in [2.45, 2.75) is 38.7 Å². The second kappa shape index (κ2) is 7.64. The number of hydrogen-bond donors (Lipinski definition) is 1. The lowest BCUT2D eigenvalue weighted by Gasteiger charge is -2.40. The summed E-state index contributed by atoms with van der Waals surface area (Å²) in [5, 5.41) is 11.4. The van der Waals surface area contributed by atoms with Crippen molar-refractivity contribution in [1.29, 1.82) is 0 Å². The van der Waals surface area contributed by atoms with Crippen LogP contribution >= 0.6 is 11.3 Å². The number of aromatic carboxylic acids is 1. The van der Waals surface area contributed by atoms with Gasteiger partial charge in [-0.2, -0.15) is 0 Å². The third-order valence-corrected chi connectivity index (χ3v) is 6.00. The van der Waals surface area contributed by atoms with Gasteiger partial charge in [-0.3, -0.25) is 4.79 Å². The molecule has 0 aliphatic carbocycles. The third-order valence-electron chi connectivity index (χ3n) is 5.01. The molecule has 1 aromatic heterocycles. The molecule has 1 N–H and O–H groups in total. The zero-order valence-electron chi connectivity index (χ0n) is 16.4. The summed E-state index contributed by atoms with van der Waals surface area (Å²) in [6, 6.07) is 4.55. The molecule has 0 radical (unpaired) electrons. The molecule has 1 saturated heterocycles. The second-order valence-corrected chi connectivity index (χ2v) is 8.99. The first-order valence-electron chi connectivity index (χ1n) is 9.06. The van der Waals surface area contributed by atoms with Crippen molar-refractivity contribution in [1.82, 2.24) is 0 Å². The van der Waals surface area contributed by atoms with Crippen LogP contribution in [0.2, 0.25) is 0 Å². The van der Waals surface area contributed by atoms with E-state index in [1.165, 1.54) is 23.5 Å². The van der Waals surface area contributed by atoms with E-state index < -0.39 is 17.6 Å². The number of halogens is 1. The van der Waals surface area contributed by atoms with Gasteiger partial charge in [-0.1, -0.05) is 20.8 Å². The fourth-order valence-electron chi connectivity index (χ4n) is 3.28. The number of nitrogens with zero attached hydrogens (tertiary/aromatic N) is 1. The number of rotatable bonds is 6. The molecule has 0 unspecified atom stereocenters. The first-order valence-corrected chi connectivity index (χ1v) is 9.94. The highest BCUT2D eigenvalue weighted by molar-refractivity contribution is 7.10. The smallest absolute Gasteiger partial charge is 0.337 e. The number of carbonyl (C=O) groups excluding carboxylic acids is 1. The van der Waals surface area contributed by atoms with E-state index in [1.807, 2.05) is 25.7 Å². The Bertz CT molecular complexity index is 910. The number of Topliss-reactive ketones (excluding diaryl/α,β-unsaturated/α-hetero) is 1. The quantitative estimate of drug-likeness (QED) is 0.732. The van der Waals surface area contributed by atoms with Gasteiger partial charge in [-0.15, -0.1) is 11.3 Å². The Hall–Kier alpha value is -2.25. The van der Waals surface area contributed by atoms with Gasteiger partial charge in [0.15, 0.2) is 5.78 Å². The zero-order valence-corrected chi connectivity index (χ0v) is 17.2. The molecule has 5 nitrogen and oxygen atoms in total. The van der Waals surface area contributed by atoms with E-state index in [-0.39, 0.29) is 29.1 Å².